The van der Waals surface area contributed by atoms with Gasteiger partial charge in [-0.3, -0.25) is 9.59 Å². The molecule has 4 rings (SSSR count). The number of aryl methyl sites for hydroxylation is 2. The SMILES string of the molecule is Cc1cccc(C)c1Cc1csc(CNC(=O)C[C@@H](O)C(=O)N2CCCC2c2nccs2)n1. The van der Waals surface area contributed by atoms with Gasteiger partial charge in [0.2, 0.25) is 5.91 Å². The fourth-order valence-corrected chi connectivity index (χ4v) is 5.73. The van der Waals surface area contributed by atoms with Gasteiger partial charge in [-0.25, -0.2) is 9.97 Å². The van der Waals surface area contributed by atoms with E-state index in [0.717, 1.165) is 35.0 Å². The molecule has 1 saturated heterocycles. The Kier molecular flexibility index (Phi) is 7.52. The van der Waals surface area contributed by atoms with Crippen LogP contribution in [-0.2, 0) is 22.6 Å². The Morgan fingerprint density at radius 1 is 1.27 bits per heavy atom. The van der Waals surface area contributed by atoms with E-state index in [9.17, 15) is 14.7 Å². The zero-order valence-corrected chi connectivity index (χ0v) is 20.4. The van der Waals surface area contributed by atoms with Crippen LogP contribution < -0.4 is 5.32 Å². The summed E-state index contributed by atoms with van der Waals surface area (Å²) in [6.07, 6.45) is 2.54. The van der Waals surface area contributed by atoms with Crippen molar-refractivity contribution in [2.24, 2.45) is 0 Å². The van der Waals surface area contributed by atoms with Gasteiger partial charge in [0, 0.05) is 29.9 Å². The van der Waals surface area contributed by atoms with E-state index in [1.807, 2.05) is 10.8 Å². The highest BCUT2D eigenvalue weighted by atomic mass is 32.1. The summed E-state index contributed by atoms with van der Waals surface area (Å²) in [4.78, 5) is 35.7. The molecule has 0 aliphatic carbocycles. The molecular formula is C24H28N4O3S2. The van der Waals surface area contributed by atoms with Crippen molar-refractivity contribution in [3.05, 3.63) is 67.6 Å². The number of thiazole rings is 2. The van der Waals surface area contributed by atoms with Crippen molar-refractivity contribution >= 4 is 34.5 Å². The van der Waals surface area contributed by atoms with Gasteiger partial charge in [-0.05, 0) is 43.4 Å². The van der Waals surface area contributed by atoms with Gasteiger partial charge in [-0.15, -0.1) is 22.7 Å². The molecule has 7 nitrogen and oxygen atoms in total. The van der Waals surface area contributed by atoms with Crippen LogP contribution in [0.25, 0.3) is 0 Å². The third-order valence-corrected chi connectivity index (χ3v) is 7.75. The number of carbonyl (C=O) groups excluding carboxylic acids is 2. The molecule has 9 heteroatoms. The molecule has 2 atom stereocenters. The number of amides is 2. The Balaban J connectivity index is 1.27. The Labute approximate surface area is 201 Å². The number of nitrogens with one attached hydrogen (secondary N) is 1. The van der Waals surface area contributed by atoms with Crippen molar-refractivity contribution in [2.75, 3.05) is 6.54 Å². The normalized spacial score (nSPS) is 16.7. The van der Waals surface area contributed by atoms with Crippen molar-refractivity contribution in [3.63, 3.8) is 0 Å². The minimum atomic E-state index is -1.36. The summed E-state index contributed by atoms with van der Waals surface area (Å²) in [5.74, 6) is -0.777. The van der Waals surface area contributed by atoms with E-state index in [4.69, 9.17) is 0 Å². The summed E-state index contributed by atoms with van der Waals surface area (Å²) < 4.78 is 0. The summed E-state index contributed by atoms with van der Waals surface area (Å²) in [6, 6.07) is 6.15. The lowest BCUT2D eigenvalue weighted by Crippen LogP contribution is -2.41. The van der Waals surface area contributed by atoms with Gasteiger partial charge < -0.3 is 15.3 Å². The predicted octanol–water partition coefficient (Wildman–Crippen LogP) is 3.54. The zero-order chi connectivity index (χ0) is 23.4. The molecule has 1 unspecified atom stereocenters. The molecule has 0 saturated carbocycles. The van der Waals surface area contributed by atoms with Crippen LogP contribution in [0.4, 0.5) is 0 Å². The van der Waals surface area contributed by atoms with E-state index in [0.29, 0.717) is 6.54 Å². The van der Waals surface area contributed by atoms with E-state index in [1.165, 1.54) is 39.4 Å². The minimum absolute atomic E-state index is 0.110. The van der Waals surface area contributed by atoms with Crippen molar-refractivity contribution in [2.45, 2.75) is 58.2 Å². The van der Waals surface area contributed by atoms with Crippen LogP contribution in [0.5, 0.6) is 0 Å². The largest absolute Gasteiger partial charge is 0.383 e. The summed E-state index contributed by atoms with van der Waals surface area (Å²) >= 11 is 3.00. The maximum absolute atomic E-state index is 12.8. The number of hydrogen-bond donors (Lipinski definition) is 2. The topological polar surface area (TPSA) is 95.4 Å². The van der Waals surface area contributed by atoms with Crippen molar-refractivity contribution in [3.8, 4) is 0 Å². The van der Waals surface area contributed by atoms with E-state index >= 15 is 0 Å². The molecule has 174 valence electrons. The fraction of sp³-hybridized carbons (Fsp3) is 0.417. The highest BCUT2D eigenvalue weighted by molar-refractivity contribution is 7.09. The average Bonchev–Trinajstić information content (AvgIpc) is 3.55. The zero-order valence-electron chi connectivity index (χ0n) is 18.8. The first kappa shape index (κ1) is 23.5. The van der Waals surface area contributed by atoms with Crippen LogP contribution in [0.2, 0.25) is 0 Å². The lowest BCUT2D eigenvalue weighted by atomic mass is 9.99. The lowest BCUT2D eigenvalue weighted by molar-refractivity contribution is -0.144. The van der Waals surface area contributed by atoms with E-state index in [-0.39, 0.29) is 24.9 Å². The van der Waals surface area contributed by atoms with Crippen LogP contribution in [0, 0.1) is 13.8 Å². The highest BCUT2D eigenvalue weighted by Crippen LogP contribution is 2.33. The molecule has 0 radical (unpaired) electrons. The highest BCUT2D eigenvalue weighted by Gasteiger charge is 2.35. The summed E-state index contributed by atoms with van der Waals surface area (Å²) in [5, 5.41) is 18.7. The lowest BCUT2D eigenvalue weighted by Gasteiger charge is -2.25. The molecule has 2 amide bonds. The number of carbonyl (C=O) groups is 2. The first-order valence-electron chi connectivity index (χ1n) is 11.1. The number of aliphatic hydroxyl groups excluding tert-OH is 1. The van der Waals surface area contributed by atoms with Crippen molar-refractivity contribution in [1.29, 1.82) is 0 Å². The number of likely N-dealkylation sites (tertiary alicyclic amines) is 1. The van der Waals surface area contributed by atoms with Crippen LogP contribution in [0.15, 0.2) is 35.2 Å². The smallest absolute Gasteiger partial charge is 0.252 e. The molecule has 2 N–H and O–H groups in total. The molecule has 0 spiro atoms. The van der Waals surface area contributed by atoms with E-state index < -0.39 is 12.0 Å². The molecule has 1 aliphatic heterocycles. The Hall–Kier alpha value is -2.62. The minimum Gasteiger partial charge on any atom is -0.383 e. The third kappa shape index (κ3) is 5.66. The van der Waals surface area contributed by atoms with E-state index in [1.54, 1.807) is 11.1 Å². The molecule has 1 fully saturated rings. The van der Waals surface area contributed by atoms with Gasteiger partial charge in [0.05, 0.1) is 24.7 Å². The van der Waals surface area contributed by atoms with Gasteiger partial charge in [-0.1, -0.05) is 18.2 Å². The Morgan fingerprint density at radius 3 is 2.79 bits per heavy atom. The van der Waals surface area contributed by atoms with Gasteiger partial charge in [0.15, 0.2) is 0 Å². The monoisotopic (exact) mass is 484 g/mol. The third-order valence-electron chi connectivity index (χ3n) is 5.97. The molecular weight excluding hydrogens is 456 g/mol. The molecule has 3 heterocycles. The maximum atomic E-state index is 12.8. The average molecular weight is 485 g/mol. The number of rotatable bonds is 8. The molecule has 2 aromatic heterocycles. The summed E-state index contributed by atoms with van der Waals surface area (Å²) in [5.41, 5.74) is 4.73. The van der Waals surface area contributed by atoms with Gasteiger partial charge >= 0.3 is 0 Å². The number of hydrogen-bond acceptors (Lipinski definition) is 7. The summed E-state index contributed by atoms with van der Waals surface area (Å²) in [6.45, 7) is 5.06. The first-order chi connectivity index (χ1) is 15.9. The second-order valence-corrected chi connectivity index (χ2v) is 10.2. The van der Waals surface area contributed by atoms with Crippen LogP contribution >= 0.6 is 22.7 Å². The number of aromatic nitrogens is 2. The first-order valence-corrected chi connectivity index (χ1v) is 12.8. The standard InChI is InChI=1S/C24H28N4O3S2/c1-15-5-3-6-16(2)18(15)11-17-14-33-22(27-17)13-26-21(30)12-20(29)24(31)28-9-4-7-19(28)23-25-8-10-32-23/h3,5-6,8,10,14,19-20,29H,4,7,9,11-13H2,1-2H3,(H,26,30)/t19?,20-/m1/s1. The molecule has 0 bridgehead atoms. The number of nitrogens with zero attached hydrogens (tertiary/aromatic N) is 3. The van der Waals surface area contributed by atoms with Crippen molar-refractivity contribution in [1.82, 2.24) is 20.2 Å². The van der Waals surface area contributed by atoms with Gasteiger partial charge in [0.1, 0.15) is 16.1 Å². The van der Waals surface area contributed by atoms with Crippen molar-refractivity contribution < 1.29 is 14.7 Å². The molecule has 3 aromatic rings. The maximum Gasteiger partial charge on any atom is 0.252 e. The van der Waals surface area contributed by atoms with Crippen LogP contribution in [0.1, 0.15) is 57.7 Å². The van der Waals surface area contributed by atoms with Gasteiger partial charge in [0.25, 0.3) is 5.91 Å². The van der Waals surface area contributed by atoms with Gasteiger partial charge in [-0.2, -0.15) is 0 Å². The second kappa shape index (κ2) is 10.5. The second-order valence-electron chi connectivity index (χ2n) is 8.34. The van der Waals surface area contributed by atoms with E-state index in [2.05, 4.69) is 47.3 Å². The number of benzene rings is 1. The predicted molar refractivity (Wildman–Crippen MR) is 129 cm³/mol. The van der Waals surface area contributed by atoms with Crippen LogP contribution in [-0.4, -0.2) is 44.4 Å². The molecule has 33 heavy (non-hydrogen) atoms. The van der Waals surface area contributed by atoms with Crippen LogP contribution in [0.3, 0.4) is 0 Å². The Morgan fingerprint density at radius 2 is 2.06 bits per heavy atom. The Bertz CT molecular complexity index is 1090. The fourth-order valence-electron chi connectivity index (χ4n) is 4.21. The quantitative estimate of drug-likeness (QED) is 0.510. The number of aliphatic hydroxyl groups is 1. The molecule has 1 aromatic carbocycles. The molecule has 1 aliphatic rings. The summed E-state index contributed by atoms with van der Waals surface area (Å²) in [7, 11) is 0.